The molecule has 1 N–H and O–H groups in total. The molecule has 0 atom stereocenters. The summed E-state index contributed by atoms with van der Waals surface area (Å²) in [6.45, 7) is 5.78. The number of nitrogens with zero attached hydrogens (tertiary/aromatic N) is 1. The van der Waals surface area contributed by atoms with Crippen LogP contribution in [0, 0.1) is 0 Å². The first-order valence-electron chi connectivity index (χ1n) is 7.73. The van der Waals surface area contributed by atoms with Crippen LogP contribution in [-0.4, -0.2) is 36.5 Å². The SMILES string of the molecule is C=CCN(C(=O)c1cccc2c1OCCN2)C1CCCC1. The molecule has 0 unspecified atom stereocenters. The van der Waals surface area contributed by atoms with E-state index >= 15 is 0 Å². The summed E-state index contributed by atoms with van der Waals surface area (Å²) >= 11 is 0. The molecule has 0 spiro atoms. The maximum atomic E-state index is 13.0. The van der Waals surface area contributed by atoms with Crippen LogP contribution in [0.3, 0.4) is 0 Å². The quantitative estimate of drug-likeness (QED) is 0.865. The highest BCUT2D eigenvalue weighted by molar-refractivity contribution is 5.99. The Hall–Kier alpha value is -1.97. The standard InChI is InChI=1S/C17H22N2O2/c1-2-11-19(13-6-3-4-7-13)17(20)14-8-5-9-15-16(14)21-12-10-18-15/h2,5,8-9,13,18H,1,3-4,6-7,10-12H2. The molecule has 1 aromatic carbocycles. The van der Waals surface area contributed by atoms with Crippen LogP contribution in [0.4, 0.5) is 5.69 Å². The van der Waals surface area contributed by atoms with Crippen LogP contribution in [0.25, 0.3) is 0 Å². The zero-order valence-electron chi connectivity index (χ0n) is 12.3. The average molecular weight is 286 g/mol. The zero-order chi connectivity index (χ0) is 14.7. The van der Waals surface area contributed by atoms with Crippen molar-refractivity contribution in [2.45, 2.75) is 31.7 Å². The number of hydrogen-bond acceptors (Lipinski definition) is 3. The van der Waals surface area contributed by atoms with Crippen LogP contribution in [0.2, 0.25) is 0 Å². The number of para-hydroxylation sites is 1. The predicted molar refractivity (Wildman–Crippen MR) is 83.9 cm³/mol. The van der Waals surface area contributed by atoms with Gasteiger partial charge in [-0.05, 0) is 25.0 Å². The second-order valence-electron chi connectivity index (χ2n) is 5.64. The molecule has 0 saturated heterocycles. The van der Waals surface area contributed by atoms with E-state index in [0.717, 1.165) is 25.1 Å². The lowest BCUT2D eigenvalue weighted by atomic mass is 10.1. The smallest absolute Gasteiger partial charge is 0.258 e. The molecule has 1 saturated carbocycles. The molecule has 1 heterocycles. The Morgan fingerprint density at radius 1 is 1.43 bits per heavy atom. The minimum Gasteiger partial charge on any atom is -0.489 e. The van der Waals surface area contributed by atoms with Crippen LogP contribution in [0.15, 0.2) is 30.9 Å². The van der Waals surface area contributed by atoms with Crippen molar-refractivity contribution in [1.29, 1.82) is 0 Å². The molecule has 2 aliphatic rings. The van der Waals surface area contributed by atoms with Crippen molar-refractivity contribution in [2.75, 3.05) is 25.0 Å². The van der Waals surface area contributed by atoms with E-state index in [1.54, 1.807) is 0 Å². The fourth-order valence-corrected chi connectivity index (χ4v) is 3.25. The third kappa shape index (κ3) is 2.75. The maximum absolute atomic E-state index is 13.0. The van der Waals surface area contributed by atoms with E-state index in [-0.39, 0.29) is 5.91 Å². The zero-order valence-corrected chi connectivity index (χ0v) is 12.3. The fourth-order valence-electron chi connectivity index (χ4n) is 3.25. The van der Waals surface area contributed by atoms with E-state index in [2.05, 4.69) is 11.9 Å². The summed E-state index contributed by atoms with van der Waals surface area (Å²) in [5.74, 6) is 0.753. The second-order valence-corrected chi connectivity index (χ2v) is 5.64. The number of fused-ring (bicyclic) bond motifs is 1. The largest absolute Gasteiger partial charge is 0.489 e. The van der Waals surface area contributed by atoms with Gasteiger partial charge in [-0.2, -0.15) is 0 Å². The molecule has 1 aliphatic heterocycles. The Balaban J connectivity index is 1.90. The molecule has 1 aliphatic carbocycles. The van der Waals surface area contributed by atoms with Crippen molar-refractivity contribution in [2.24, 2.45) is 0 Å². The molecular formula is C17H22N2O2. The summed E-state index contributed by atoms with van der Waals surface area (Å²) < 4.78 is 5.73. The highest BCUT2D eigenvalue weighted by atomic mass is 16.5. The first kappa shape index (κ1) is 14.0. The molecule has 112 valence electrons. The molecule has 4 heteroatoms. The number of carbonyl (C=O) groups excluding carboxylic acids is 1. The van der Waals surface area contributed by atoms with Gasteiger partial charge in [-0.1, -0.05) is 25.0 Å². The Kier molecular flexibility index (Phi) is 4.13. The van der Waals surface area contributed by atoms with Gasteiger partial charge in [0.1, 0.15) is 6.61 Å². The van der Waals surface area contributed by atoms with Crippen molar-refractivity contribution < 1.29 is 9.53 Å². The van der Waals surface area contributed by atoms with Crippen molar-refractivity contribution in [3.63, 3.8) is 0 Å². The van der Waals surface area contributed by atoms with Crippen molar-refractivity contribution >= 4 is 11.6 Å². The van der Waals surface area contributed by atoms with Crippen molar-refractivity contribution in [3.8, 4) is 5.75 Å². The highest BCUT2D eigenvalue weighted by Gasteiger charge is 2.29. The number of amides is 1. The summed E-state index contributed by atoms with van der Waals surface area (Å²) in [6, 6.07) is 6.06. The normalized spacial score (nSPS) is 17.5. The predicted octanol–water partition coefficient (Wildman–Crippen LogP) is 3.06. The Bertz CT molecular complexity index is 536. The third-order valence-corrected chi connectivity index (χ3v) is 4.26. The fraction of sp³-hybridized carbons (Fsp3) is 0.471. The lowest BCUT2D eigenvalue weighted by molar-refractivity contribution is 0.0702. The van der Waals surface area contributed by atoms with Crippen LogP contribution in [-0.2, 0) is 0 Å². The van der Waals surface area contributed by atoms with E-state index in [1.807, 2.05) is 29.2 Å². The molecule has 4 nitrogen and oxygen atoms in total. The van der Waals surface area contributed by atoms with Crippen LogP contribution in [0.5, 0.6) is 5.75 Å². The van der Waals surface area contributed by atoms with Gasteiger partial charge < -0.3 is 15.0 Å². The van der Waals surface area contributed by atoms with Gasteiger partial charge in [-0.3, -0.25) is 4.79 Å². The van der Waals surface area contributed by atoms with Gasteiger partial charge in [-0.25, -0.2) is 0 Å². The van der Waals surface area contributed by atoms with E-state index in [9.17, 15) is 4.79 Å². The summed E-state index contributed by atoms with van der Waals surface area (Å²) in [5, 5.41) is 3.28. The van der Waals surface area contributed by atoms with Crippen LogP contribution >= 0.6 is 0 Å². The van der Waals surface area contributed by atoms with Crippen LogP contribution < -0.4 is 10.1 Å². The monoisotopic (exact) mass is 286 g/mol. The minimum absolute atomic E-state index is 0.0577. The van der Waals surface area contributed by atoms with E-state index in [0.29, 0.717) is 30.5 Å². The summed E-state index contributed by atoms with van der Waals surface area (Å²) in [5.41, 5.74) is 1.57. The van der Waals surface area contributed by atoms with Gasteiger partial charge in [0.05, 0.1) is 11.3 Å². The highest BCUT2D eigenvalue weighted by Crippen LogP contribution is 2.33. The Morgan fingerprint density at radius 3 is 3.00 bits per heavy atom. The maximum Gasteiger partial charge on any atom is 0.258 e. The average Bonchev–Trinajstić information content (AvgIpc) is 3.05. The molecule has 1 fully saturated rings. The number of carbonyl (C=O) groups is 1. The topological polar surface area (TPSA) is 41.6 Å². The Labute approximate surface area is 125 Å². The number of benzene rings is 1. The molecule has 0 radical (unpaired) electrons. The van der Waals surface area contributed by atoms with Gasteiger partial charge >= 0.3 is 0 Å². The lowest BCUT2D eigenvalue weighted by Gasteiger charge is -2.30. The molecule has 21 heavy (non-hydrogen) atoms. The summed E-state index contributed by atoms with van der Waals surface area (Å²) in [4.78, 5) is 14.9. The molecular weight excluding hydrogens is 264 g/mol. The van der Waals surface area contributed by atoms with Crippen molar-refractivity contribution in [3.05, 3.63) is 36.4 Å². The van der Waals surface area contributed by atoms with Gasteiger partial charge in [0.25, 0.3) is 5.91 Å². The molecule has 1 amide bonds. The van der Waals surface area contributed by atoms with Gasteiger partial charge in [0.2, 0.25) is 0 Å². The number of hydrogen-bond donors (Lipinski definition) is 1. The third-order valence-electron chi connectivity index (χ3n) is 4.26. The molecule has 0 bridgehead atoms. The first-order valence-corrected chi connectivity index (χ1v) is 7.73. The first-order chi connectivity index (χ1) is 10.3. The van der Waals surface area contributed by atoms with Gasteiger partial charge in [0, 0.05) is 19.1 Å². The van der Waals surface area contributed by atoms with E-state index in [1.165, 1.54) is 12.8 Å². The number of nitrogens with one attached hydrogen (secondary N) is 1. The Morgan fingerprint density at radius 2 is 2.24 bits per heavy atom. The van der Waals surface area contributed by atoms with Gasteiger partial charge in [0.15, 0.2) is 5.75 Å². The van der Waals surface area contributed by atoms with Gasteiger partial charge in [-0.15, -0.1) is 6.58 Å². The molecule has 1 aromatic rings. The number of anilines is 1. The van der Waals surface area contributed by atoms with E-state index < -0.39 is 0 Å². The summed E-state index contributed by atoms with van der Waals surface area (Å²) in [6.07, 6.45) is 6.40. The molecule has 0 aromatic heterocycles. The number of rotatable bonds is 4. The second kappa shape index (κ2) is 6.20. The van der Waals surface area contributed by atoms with Crippen LogP contribution in [0.1, 0.15) is 36.0 Å². The summed E-state index contributed by atoms with van der Waals surface area (Å²) in [7, 11) is 0. The van der Waals surface area contributed by atoms with Crippen molar-refractivity contribution in [1.82, 2.24) is 4.90 Å². The minimum atomic E-state index is 0.0577. The number of ether oxygens (including phenoxy) is 1. The molecule has 3 rings (SSSR count). The van der Waals surface area contributed by atoms with E-state index in [4.69, 9.17) is 4.74 Å². The lowest BCUT2D eigenvalue weighted by Crippen LogP contribution is -2.39.